The van der Waals surface area contributed by atoms with Crippen molar-refractivity contribution >= 4 is 29.7 Å². The highest BCUT2D eigenvalue weighted by Crippen LogP contribution is 2.30. The van der Waals surface area contributed by atoms with Crippen LogP contribution in [0.3, 0.4) is 0 Å². The van der Waals surface area contributed by atoms with E-state index in [1.54, 1.807) is 10.7 Å². The van der Waals surface area contributed by atoms with E-state index in [0.717, 1.165) is 28.1 Å². The number of carbonyl (C=O) groups excluding carboxylic acids is 1. The Kier molecular flexibility index (Phi) is 6.13. The van der Waals surface area contributed by atoms with Gasteiger partial charge in [-0.3, -0.25) is 4.79 Å². The molecule has 0 saturated heterocycles. The second-order valence-corrected chi connectivity index (χ2v) is 7.59. The monoisotopic (exact) mass is 453 g/mol. The van der Waals surface area contributed by atoms with Crippen molar-refractivity contribution < 1.29 is 24.2 Å². The number of halogens is 1. The number of nitrogens with zero attached hydrogens (tertiary/aromatic N) is 2. The van der Waals surface area contributed by atoms with Crippen molar-refractivity contribution in [2.45, 2.75) is 13.0 Å². The van der Waals surface area contributed by atoms with E-state index in [2.05, 4.69) is 15.2 Å². The molecule has 164 valence electrons. The van der Waals surface area contributed by atoms with Crippen LogP contribution in [0.1, 0.15) is 17.5 Å². The van der Waals surface area contributed by atoms with E-state index in [-0.39, 0.29) is 19.6 Å². The second-order valence-electron chi connectivity index (χ2n) is 7.18. The van der Waals surface area contributed by atoms with E-state index >= 15 is 0 Å². The molecule has 1 amide bonds. The SMILES string of the molecule is COC(=O)NCc1cc(-c2ccn(-c3ccc4c(c3)C=C(CC(=O)O)CO4)n2)ccc1Cl. The maximum Gasteiger partial charge on any atom is 0.407 e. The number of aliphatic carboxylic acids is 1. The summed E-state index contributed by atoms with van der Waals surface area (Å²) in [5, 5.41) is 16.8. The number of carboxylic acids is 1. The van der Waals surface area contributed by atoms with Gasteiger partial charge in [-0.1, -0.05) is 17.7 Å². The number of hydrogen-bond donors (Lipinski definition) is 2. The Morgan fingerprint density at radius 3 is 2.88 bits per heavy atom. The van der Waals surface area contributed by atoms with E-state index in [1.807, 2.05) is 48.7 Å². The maximum atomic E-state index is 11.4. The van der Waals surface area contributed by atoms with Gasteiger partial charge in [0.15, 0.2) is 0 Å². The van der Waals surface area contributed by atoms with Gasteiger partial charge in [0, 0.05) is 28.9 Å². The topological polar surface area (TPSA) is 103 Å². The van der Waals surface area contributed by atoms with Crippen molar-refractivity contribution in [3.05, 3.63) is 70.4 Å². The molecule has 1 aliphatic rings. The zero-order chi connectivity index (χ0) is 22.7. The number of alkyl carbamates (subject to hydrolysis) is 1. The van der Waals surface area contributed by atoms with Crippen LogP contribution in [0.15, 0.2) is 54.2 Å². The van der Waals surface area contributed by atoms with Gasteiger partial charge in [-0.2, -0.15) is 5.10 Å². The normalized spacial score (nSPS) is 12.4. The molecular formula is C23H20ClN3O5. The highest BCUT2D eigenvalue weighted by molar-refractivity contribution is 6.31. The lowest BCUT2D eigenvalue weighted by molar-refractivity contribution is -0.136. The minimum atomic E-state index is -0.889. The molecule has 1 aliphatic heterocycles. The summed E-state index contributed by atoms with van der Waals surface area (Å²) < 4.78 is 12.0. The van der Waals surface area contributed by atoms with Crippen LogP contribution in [-0.2, 0) is 16.1 Å². The van der Waals surface area contributed by atoms with Crippen molar-refractivity contribution in [2.75, 3.05) is 13.7 Å². The molecule has 0 bridgehead atoms. The van der Waals surface area contributed by atoms with Crippen LogP contribution < -0.4 is 10.1 Å². The highest BCUT2D eigenvalue weighted by atomic mass is 35.5. The summed E-state index contributed by atoms with van der Waals surface area (Å²) in [5.74, 6) is -0.184. The highest BCUT2D eigenvalue weighted by Gasteiger charge is 2.15. The number of carbonyl (C=O) groups is 2. The Bertz CT molecular complexity index is 1220. The molecule has 2 N–H and O–H groups in total. The first-order valence-corrected chi connectivity index (χ1v) is 10.2. The third kappa shape index (κ3) is 4.76. The van der Waals surface area contributed by atoms with E-state index in [9.17, 15) is 9.59 Å². The number of amides is 1. The van der Waals surface area contributed by atoms with Gasteiger partial charge in [-0.05, 0) is 53.6 Å². The van der Waals surface area contributed by atoms with Crippen LogP contribution >= 0.6 is 11.6 Å². The number of nitrogens with one attached hydrogen (secondary N) is 1. The number of carboxylic acid groups (broad SMARTS) is 1. The van der Waals surface area contributed by atoms with Gasteiger partial charge in [0.1, 0.15) is 12.4 Å². The van der Waals surface area contributed by atoms with Crippen molar-refractivity contribution in [1.82, 2.24) is 15.1 Å². The van der Waals surface area contributed by atoms with Gasteiger partial charge < -0.3 is 19.9 Å². The standard InChI is InChI=1S/C23H20ClN3O5/c1-31-23(30)25-12-17-10-15(2-4-19(17)24)20-6-7-27(26-20)18-3-5-21-16(11-18)8-14(13-32-21)9-22(28)29/h2-8,10-11H,9,12-13H2,1H3,(H,25,30)(H,28,29). The first-order chi connectivity index (χ1) is 15.4. The summed E-state index contributed by atoms with van der Waals surface area (Å²) in [4.78, 5) is 22.3. The molecule has 0 spiro atoms. The Morgan fingerprint density at radius 1 is 1.25 bits per heavy atom. The Balaban J connectivity index is 1.58. The third-order valence-electron chi connectivity index (χ3n) is 4.95. The first-order valence-electron chi connectivity index (χ1n) is 9.77. The number of benzene rings is 2. The summed E-state index contributed by atoms with van der Waals surface area (Å²) in [5.41, 5.74) is 4.65. The minimum absolute atomic E-state index is 0.0562. The van der Waals surface area contributed by atoms with Crippen LogP contribution in [0.5, 0.6) is 5.75 Å². The van der Waals surface area contributed by atoms with E-state index in [1.165, 1.54) is 7.11 Å². The predicted molar refractivity (Wildman–Crippen MR) is 119 cm³/mol. The number of fused-ring (bicyclic) bond motifs is 1. The summed E-state index contributed by atoms with van der Waals surface area (Å²) in [6, 6.07) is 13.0. The van der Waals surface area contributed by atoms with Crippen molar-refractivity contribution in [3.63, 3.8) is 0 Å². The lowest BCUT2D eigenvalue weighted by atomic mass is 10.0. The minimum Gasteiger partial charge on any atom is -0.489 e. The van der Waals surface area contributed by atoms with Crippen LogP contribution in [0, 0.1) is 0 Å². The fourth-order valence-electron chi connectivity index (χ4n) is 3.38. The van der Waals surface area contributed by atoms with Gasteiger partial charge >= 0.3 is 12.1 Å². The molecule has 0 aliphatic carbocycles. The van der Waals surface area contributed by atoms with Gasteiger partial charge in [0.25, 0.3) is 0 Å². The average molecular weight is 454 g/mol. The first kappa shape index (κ1) is 21.5. The molecule has 8 nitrogen and oxygen atoms in total. The zero-order valence-corrected chi connectivity index (χ0v) is 17.9. The van der Waals surface area contributed by atoms with Crippen LogP contribution in [0.2, 0.25) is 5.02 Å². The van der Waals surface area contributed by atoms with E-state index < -0.39 is 12.1 Å². The van der Waals surface area contributed by atoms with Crippen molar-refractivity contribution in [1.29, 1.82) is 0 Å². The molecule has 9 heteroatoms. The average Bonchev–Trinajstić information content (AvgIpc) is 3.27. The molecule has 0 fully saturated rings. The molecule has 32 heavy (non-hydrogen) atoms. The molecule has 3 aromatic rings. The van der Waals surface area contributed by atoms with E-state index in [4.69, 9.17) is 21.4 Å². The smallest absolute Gasteiger partial charge is 0.407 e. The van der Waals surface area contributed by atoms with Gasteiger partial charge in [-0.25, -0.2) is 9.48 Å². The molecule has 2 aromatic carbocycles. The largest absolute Gasteiger partial charge is 0.489 e. The lowest BCUT2D eigenvalue weighted by Gasteiger charge is -2.18. The quantitative estimate of drug-likeness (QED) is 0.577. The zero-order valence-electron chi connectivity index (χ0n) is 17.2. The predicted octanol–water partition coefficient (Wildman–Crippen LogP) is 4.30. The molecule has 2 heterocycles. The molecular weight excluding hydrogens is 434 g/mol. The van der Waals surface area contributed by atoms with E-state index in [0.29, 0.717) is 16.3 Å². The van der Waals surface area contributed by atoms with Crippen LogP contribution in [0.4, 0.5) is 4.79 Å². The van der Waals surface area contributed by atoms with Gasteiger partial charge in [0.2, 0.25) is 0 Å². The summed E-state index contributed by atoms with van der Waals surface area (Å²) in [6.07, 6.45) is 3.09. The number of aromatic nitrogens is 2. The fraction of sp³-hybridized carbons (Fsp3) is 0.174. The van der Waals surface area contributed by atoms with Crippen LogP contribution in [-0.4, -0.2) is 40.7 Å². The summed E-state index contributed by atoms with van der Waals surface area (Å²) >= 11 is 6.25. The van der Waals surface area contributed by atoms with Crippen molar-refractivity contribution in [3.8, 4) is 22.7 Å². The third-order valence-corrected chi connectivity index (χ3v) is 5.32. The van der Waals surface area contributed by atoms with Gasteiger partial charge in [-0.15, -0.1) is 0 Å². The molecule has 1 aromatic heterocycles. The summed E-state index contributed by atoms with van der Waals surface area (Å²) in [6.45, 7) is 0.504. The lowest BCUT2D eigenvalue weighted by Crippen LogP contribution is -2.22. The maximum absolute atomic E-state index is 11.4. The number of rotatable bonds is 6. The number of hydrogen-bond acceptors (Lipinski definition) is 5. The Hall–Kier alpha value is -3.78. The summed E-state index contributed by atoms with van der Waals surface area (Å²) in [7, 11) is 1.30. The molecule has 0 radical (unpaired) electrons. The fourth-order valence-corrected chi connectivity index (χ4v) is 3.57. The molecule has 4 rings (SSSR count). The molecule has 0 unspecified atom stereocenters. The Morgan fingerprint density at radius 2 is 2.09 bits per heavy atom. The number of ether oxygens (including phenoxy) is 2. The molecule has 0 saturated carbocycles. The van der Waals surface area contributed by atoms with Crippen molar-refractivity contribution in [2.24, 2.45) is 0 Å². The number of methoxy groups -OCH3 is 1. The van der Waals surface area contributed by atoms with Crippen LogP contribution in [0.25, 0.3) is 23.0 Å². The molecule has 0 atom stereocenters. The second kappa shape index (κ2) is 9.15. The van der Waals surface area contributed by atoms with Gasteiger partial charge in [0.05, 0.1) is 24.9 Å². The Labute approximate surface area is 189 Å².